The average molecular weight is 268 g/mol. The molecule has 1 aromatic carbocycles. The van der Waals surface area contributed by atoms with Gasteiger partial charge in [0, 0.05) is 25.2 Å². The number of carboxylic acids is 1. The molecule has 1 aliphatic heterocycles. The largest absolute Gasteiger partial charge is 0.478 e. The lowest BCUT2D eigenvalue weighted by molar-refractivity contribution is -0.384. The summed E-state index contributed by atoms with van der Waals surface area (Å²) in [6, 6.07) is 1.74. The summed E-state index contributed by atoms with van der Waals surface area (Å²) < 4.78 is 13.7. The second kappa shape index (κ2) is 5.21. The van der Waals surface area contributed by atoms with Gasteiger partial charge >= 0.3 is 5.97 Å². The zero-order chi connectivity index (χ0) is 14.0. The molecule has 19 heavy (non-hydrogen) atoms. The zero-order valence-electron chi connectivity index (χ0n) is 10.1. The summed E-state index contributed by atoms with van der Waals surface area (Å²) in [5, 5.41) is 19.8. The molecule has 1 fully saturated rings. The Morgan fingerprint density at radius 2 is 1.95 bits per heavy atom. The molecule has 1 N–H and O–H groups in total. The third-order valence-corrected chi connectivity index (χ3v) is 3.19. The van der Waals surface area contributed by atoms with Crippen molar-refractivity contribution in [3.05, 3.63) is 33.6 Å². The summed E-state index contributed by atoms with van der Waals surface area (Å²) in [5.74, 6) is -2.45. The van der Waals surface area contributed by atoms with Gasteiger partial charge in [-0.15, -0.1) is 0 Å². The van der Waals surface area contributed by atoms with Crippen molar-refractivity contribution < 1.29 is 19.2 Å². The Balaban J connectivity index is 2.49. The van der Waals surface area contributed by atoms with Crippen LogP contribution in [0.25, 0.3) is 0 Å². The van der Waals surface area contributed by atoms with Gasteiger partial charge in [-0.25, -0.2) is 9.18 Å². The van der Waals surface area contributed by atoms with Crippen molar-refractivity contribution in [1.29, 1.82) is 0 Å². The minimum Gasteiger partial charge on any atom is -0.478 e. The van der Waals surface area contributed by atoms with Gasteiger partial charge in [-0.1, -0.05) is 0 Å². The smallest absolute Gasteiger partial charge is 0.338 e. The van der Waals surface area contributed by atoms with Crippen LogP contribution in [-0.2, 0) is 0 Å². The van der Waals surface area contributed by atoms with E-state index in [-0.39, 0.29) is 11.4 Å². The van der Waals surface area contributed by atoms with Gasteiger partial charge in [0.1, 0.15) is 17.1 Å². The monoisotopic (exact) mass is 268 g/mol. The van der Waals surface area contributed by atoms with E-state index in [2.05, 4.69) is 0 Å². The van der Waals surface area contributed by atoms with E-state index in [1.165, 1.54) is 0 Å². The normalized spacial score (nSPS) is 15.3. The van der Waals surface area contributed by atoms with Crippen LogP contribution in [0.5, 0.6) is 0 Å². The van der Waals surface area contributed by atoms with Gasteiger partial charge in [-0.05, 0) is 19.3 Å². The second-order valence-electron chi connectivity index (χ2n) is 4.43. The summed E-state index contributed by atoms with van der Waals surface area (Å²) in [5.41, 5.74) is -0.875. The van der Waals surface area contributed by atoms with E-state index >= 15 is 0 Å². The number of nitro benzene ring substituents is 1. The Hall–Kier alpha value is -2.18. The average Bonchev–Trinajstić information content (AvgIpc) is 2.38. The highest BCUT2D eigenvalue weighted by molar-refractivity contribution is 5.90. The fourth-order valence-corrected chi connectivity index (χ4v) is 2.25. The first-order valence-electron chi connectivity index (χ1n) is 5.97. The van der Waals surface area contributed by atoms with Crippen molar-refractivity contribution in [3.8, 4) is 0 Å². The number of carbonyl (C=O) groups is 1. The number of halogens is 1. The topological polar surface area (TPSA) is 83.7 Å². The van der Waals surface area contributed by atoms with Crippen molar-refractivity contribution in [2.75, 3.05) is 18.0 Å². The van der Waals surface area contributed by atoms with Crippen molar-refractivity contribution in [2.24, 2.45) is 0 Å². The minimum absolute atomic E-state index is 0.159. The zero-order valence-corrected chi connectivity index (χ0v) is 10.1. The van der Waals surface area contributed by atoms with Crippen LogP contribution in [0.4, 0.5) is 15.8 Å². The maximum absolute atomic E-state index is 13.7. The highest BCUT2D eigenvalue weighted by Crippen LogP contribution is 2.32. The predicted molar refractivity (Wildman–Crippen MR) is 66.1 cm³/mol. The van der Waals surface area contributed by atoms with Gasteiger partial charge in [-0.3, -0.25) is 10.1 Å². The van der Waals surface area contributed by atoms with E-state index in [4.69, 9.17) is 5.11 Å². The van der Waals surface area contributed by atoms with E-state index < -0.39 is 22.3 Å². The Morgan fingerprint density at radius 1 is 1.32 bits per heavy atom. The van der Waals surface area contributed by atoms with Gasteiger partial charge in [0.05, 0.1) is 4.92 Å². The number of piperidine rings is 1. The molecular formula is C12H13FN2O4. The summed E-state index contributed by atoms with van der Waals surface area (Å²) in [7, 11) is 0. The van der Waals surface area contributed by atoms with Gasteiger partial charge in [0.15, 0.2) is 0 Å². The van der Waals surface area contributed by atoms with E-state index in [1.807, 2.05) is 0 Å². The standard InChI is InChI=1S/C12H13FN2O4/c13-9-7-10(14-4-2-1-3-5-14)11(15(18)19)6-8(9)12(16)17/h6-7H,1-5H2,(H,16,17). The first-order valence-corrected chi connectivity index (χ1v) is 5.97. The maximum atomic E-state index is 13.7. The van der Waals surface area contributed by atoms with Gasteiger partial charge in [0.2, 0.25) is 0 Å². The number of hydrogen-bond acceptors (Lipinski definition) is 4. The number of rotatable bonds is 3. The maximum Gasteiger partial charge on any atom is 0.338 e. The predicted octanol–water partition coefficient (Wildman–Crippen LogP) is 2.42. The first kappa shape index (κ1) is 13.3. The molecule has 0 radical (unpaired) electrons. The van der Waals surface area contributed by atoms with E-state index in [1.54, 1.807) is 4.90 Å². The van der Waals surface area contributed by atoms with Crippen molar-refractivity contribution in [3.63, 3.8) is 0 Å². The molecule has 0 atom stereocenters. The minimum atomic E-state index is -1.51. The summed E-state index contributed by atoms with van der Waals surface area (Å²) in [4.78, 5) is 22.9. The highest BCUT2D eigenvalue weighted by Gasteiger charge is 2.26. The summed E-state index contributed by atoms with van der Waals surface area (Å²) >= 11 is 0. The van der Waals surface area contributed by atoms with Crippen molar-refractivity contribution in [2.45, 2.75) is 19.3 Å². The Kier molecular flexibility index (Phi) is 3.64. The number of nitrogens with zero attached hydrogens (tertiary/aromatic N) is 2. The molecule has 1 aliphatic rings. The molecule has 0 amide bonds. The number of hydrogen-bond donors (Lipinski definition) is 1. The molecule has 0 bridgehead atoms. The second-order valence-corrected chi connectivity index (χ2v) is 4.43. The SMILES string of the molecule is O=C(O)c1cc([N+](=O)[O-])c(N2CCCCC2)cc1F. The van der Waals surface area contributed by atoms with Gasteiger partial charge in [0.25, 0.3) is 5.69 Å². The number of anilines is 1. The fraction of sp³-hybridized carbons (Fsp3) is 0.417. The third kappa shape index (κ3) is 2.64. The summed E-state index contributed by atoms with van der Waals surface area (Å²) in [6.45, 7) is 1.24. The Bertz CT molecular complexity index is 527. The van der Waals surface area contributed by atoms with E-state index in [0.29, 0.717) is 13.1 Å². The molecule has 0 aliphatic carbocycles. The molecule has 0 unspecified atom stereocenters. The van der Waals surface area contributed by atoms with Crippen LogP contribution in [-0.4, -0.2) is 29.1 Å². The molecule has 2 rings (SSSR count). The Labute approximate surface area is 108 Å². The number of aromatic carboxylic acids is 1. The number of nitro groups is 1. The van der Waals surface area contributed by atoms with Crippen LogP contribution in [0, 0.1) is 15.9 Å². The van der Waals surface area contributed by atoms with Crippen LogP contribution in [0.15, 0.2) is 12.1 Å². The fourth-order valence-electron chi connectivity index (χ4n) is 2.25. The molecule has 1 saturated heterocycles. The Morgan fingerprint density at radius 3 is 2.47 bits per heavy atom. The summed E-state index contributed by atoms with van der Waals surface area (Å²) in [6.07, 6.45) is 2.82. The van der Waals surface area contributed by atoms with Crippen LogP contribution < -0.4 is 4.90 Å². The third-order valence-electron chi connectivity index (χ3n) is 3.19. The van der Waals surface area contributed by atoms with Crippen molar-refractivity contribution >= 4 is 17.3 Å². The van der Waals surface area contributed by atoms with Crippen LogP contribution in [0.3, 0.4) is 0 Å². The van der Waals surface area contributed by atoms with Gasteiger partial charge < -0.3 is 10.0 Å². The van der Waals surface area contributed by atoms with Crippen LogP contribution in [0.1, 0.15) is 29.6 Å². The number of benzene rings is 1. The lowest BCUT2D eigenvalue weighted by Gasteiger charge is -2.28. The van der Waals surface area contributed by atoms with Crippen LogP contribution in [0.2, 0.25) is 0 Å². The lowest BCUT2D eigenvalue weighted by Crippen LogP contribution is -2.30. The lowest BCUT2D eigenvalue weighted by atomic mass is 10.1. The molecule has 7 heteroatoms. The molecule has 1 aromatic rings. The van der Waals surface area contributed by atoms with Gasteiger partial charge in [-0.2, -0.15) is 0 Å². The number of carboxylic acid groups (broad SMARTS) is 1. The highest BCUT2D eigenvalue weighted by atomic mass is 19.1. The van der Waals surface area contributed by atoms with E-state index in [0.717, 1.165) is 31.4 Å². The molecule has 0 aromatic heterocycles. The molecule has 102 valence electrons. The molecule has 0 spiro atoms. The van der Waals surface area contributed by atoms with Crippen LogP contribution >= 0.6 is 0 Å². The van der Waals surface area contributed by atoms with E-state index in [9.17, 15) is 19.3 Å². The molecular weight excluding hydrogens is 255 g/mol. The quantitative estimate of drug-likeness (QED) is 0.672. The molecule has 1 heterocycles. The first-order chi connectivity index (χ1) is 9.00. The molecule has 6 nitrogen and oxygen atoms in total. The molecule has 0 saturated carbocycles. The van der Waals surface area contributed by atoms with Crippen molar-refractivity contribution in [1.82, 2.24) is 0 Å².